The summed E-state index contributed by atoms with van der Waals surface area (Å²) in [4.78, 5) is 14.5. The van der Waals surface area contributed by atoms with Crippen molar-refractivity contribution in [1.29, 1.82) is 0 Å². The maximum atomic E-state index is 6.28. The van der Waals surface area contributed by atoms with Gasteiger partial charge in [-0.15, -0.1) is 0 Å². The first-order valence-corrected chi connectivity index (χ1v) is 10.9. The molecule has 0 N–H and O–H groups in total. The summed E-state index contributed by atoms with van der Waals surface area (Å²) >= 11 is 6.10. The number of rotatable bonds is 3. The molecule has 154 valence electrons. The fourth-order valence-corrected chi connectivity index (χ4v) is 4.28. The largest absolute Gasteiger partial charge is 0.456 e. The van der Waals surface area contributed by atoms with Gasteiger partial charge in [-0.25, -0.2) is 15.0 Å². The third-order valence-electron chi connectivity index (χ3n) is 5.70. The molecule has 0 saturated heterocycles. The molecule has 0 aliphatic heterocycles. The van der Waals surface area contributed by atoms with E-state index in [9.17, 15) is 0 Å². The van der Waals surface area contributed by atoms with E-state index in [0.29, 0.717) is 22.5 Å². The normalized spacial score (nSPS) is 13.1. The fraction of sp³-hybridized carbons (Fsp3) is 0.0741. The lowest BCUT2D eigenvalue weighted by Crippen LogP contribution is -2.06. The first-order chi connectivity index (χ1) is 15.8. The fourth-order valence-electron chi connectivity index (χ4n) is 4.15. The van der Waals surface area contributed by atoms with E-state index < -0.39 is 0 Å². The number of fused-ring (bicyclic) bond motifs is 3. The van der Waals surface area contributed by atoms with Gasteiger partial charge in [0.05, 0.1) is 5.57 Å². The van der Waals surface area contributed by atoms with Crippen LogP contribution in [0.5, 0.6) is 0 Å². The molecule has 1 aliphatic carbocycles. The first kappa shape index (κ1) is 19.0. The molecule has 5 aromatic rings. The number of aromatic nitrogens is 3. The molecule has 6 rings (SSSR count). The van der Waals surface area contributed by atoms with Gasteiger partial charge in [-0.2, -0.15) is 0 Å². The van der Waals surface area contributed by atoms with Gasteiger partial charge in [0.2, 0.25) is 0 Å². The number of para-hydroxylation sites is 1. The Bertz CT molecular complexity index is 1470. The Morgan fingerprint density at radius 2 is 1.34 bits per heavy atom. The second kappa shape index (κ2) is 7.74. The molecule has 0 amide bonds. The first-order valence-electron chi connectivity index (χ1n) is 10.5. The molecule has 2 aromatic heterocycles. The van der Waals surface area contributed by atoms with E-state index in [2.05, 4.69) is 12.1 Å². The van der Waals surface area contributed by atoms with Crippen molar-refractivity contribution in [3.05, 3.63) is 107 Å². The van der Waals surface area contributed by atoms with E-state index >= 15 is 0 Å². The van der Waals surface area contributed by atoms with E-state index in [1.807, 2.05) is 72.8 Å². The highest BCUT2D eigenvalue weighted by molar-refractivity contribution is 6.30. The molecule has 0 fully saturated rings. The second-order valence-corrected chi connectivity index (χ2v) is 8.18. The SMILES string of the molecule is Clc1ccc(-c2nc(C3=CCCc4c3oc3ccccc43)nc(-c3ccccc3)n2)cc1. The summed E-state index contributed by atoms with van der Waals surface area (Å²) in [5.74, 6) is 2.70. The molecule has 0 radical (unpaired) electrons. The molecular formula is C27H18ClN3O. The van der Waals surface area contributed by atoms with Crippen molar-refractivity contribution < 1.29 is 4.42 Å². The van der Waals surface area contributed by atoms with Crippen LogP contribution in [0.15, 0.2) is 89.4 Å². The van der Waals surface area contributed by atoms with Crippen LogP contribution in [0.4, 0.5) is 0 Å². The van der Waals surface area contributed by atoms with E-state index in [1.54, 1.807) is 0 Å². The Kier molecular flexibility index (Phi) is 4.58. The van der Waals surface area contributed by atoms with Gasteiger partial charge in [0, 0.05) is 27.1 Å². The summed E-state index contributed by atoms with van der Waals surface area (Å²) in [6.07, 6.45) is 4.02. The van der Waals surface area contributed by atoms with Crippen molar-refractivity contribution in [1.82, 2.24) is 15.0 Å². The quantitative estimate of drug-likeness (QED) is 0.306. The maximum absolute atomic E-state index is 6.28. The summed E-state index contributed by atoms with van der Waals surface area (Å²) in [6.45, 7) is 0. The molecule has 0 spiro atoms. The van der Waals surface area contributed by atoms with E-state index in [1.165, 1.54) is 5.56 Å². The Labute approximate surface area is 190 Å². The number of benzene rings is 3. The van der Waals surface area contributed by atoms with Gasteiger partial charge >= 0.3 is 0 Å². The molecule has 0 atom stereocenters. The van der Waals surface area contributed by atoms with Crippen molar-refractivity contribution >= 4 is 28.1 Å². The van der Waals surface area contributed by atoms with Crippen LogP contribution >= 0.6 is 11.6 Å². The molecule has 0 saturated carbocycles. The number of hydrogen-bond donors (Lipinski definition) is 0. The minimum atomic E-state index is 0.606. The van der Waals surface area contributed by atoms with Crippen LogP contribution in [0.3, 0.4) is 0 Å². The predicted octanol–water partition coefficient (Wildman–Crippen LogP) is 6.98. The summed E-state index contributed by atoms with van der Waals surface area (Å²) in [5, 5.41) is 1.83. The molecule has 2 heterocycles. The minimum absolute atomic E-state index is 0.606. The third kappa shape index (κ3) is 3.29. The van der Waals surface area contributed by atoms with Crippen molar-refractivity contribution in [3.8, 4) is 22.8 Å². The number of halogens is 1. The van der Waals surface area contributed by atoms with E-state index in [4.69, 9.17) is 31.0 Å². The molecule has 32 heavy (non-hydrogen) atoms. The van der Waals surface area contributed by atoms with Crippen LogP contribution in [0.25, 0.3) is 39.3 Å². The highest BCUT2D eigenvalue weighted by atomic mass is 35.5. The van der Waals surface area contributed by atoms with Gasteiger partial charge < -0.3 is 4.42 Å². The highest BCUT2D eigenvalue weighted by Gasteiger charge is 2.24. The lowest BCUT2D eigenvalue weighted by atomic mass is 9.95. The van der Waals surface area contributed by atoms with Crippen molar-refractivity contribution in [2.75, 3.05) is 0 Å². The molecule has 4 nitrogen and oxygen atoms in total. The van der Waals surface area contributed by atoms with Gasteiger partial charge in [-0.3, -0.25) is 0 Å². The monoisotopic (exact) mass is 435 g/mol. The number of nitrogens with zero attached hydrogens (tertiary/aromatic N) is 3. The molecule has 1 aliphatic rings. The van der Waals surface area contributed by atoms with Crippen molar-refractivity contribution in [2.24, 2.45) is 0 Å². The number of allylic oxidation sites excluding steroid dienone is 1. The van der Waals surface area contributed by atoms with Crippen LogP contribution in [0, 0.1) is 0 Å². The van der Waals surface area contributed by atoms with Crippen LogP contribution in [0.1, 0.15) is 23.6 Å². The van der Waals surface area contributed by atoms with Crippen molar-refractivity contribution in [2.45, 2.75) is 12.8 Å². The summed E-state index contributed by atoms with van der Waals surface area (Å²) < 4.78 is 6.28. The van der Waals surface area contributed by atoms with Crippen LogP contribution in [-0.4, -0.2) is 15.0 Å². The molecule has 5 heteroatoms. The maximum Gasteiger partial charge on any atom is 0.167 e. The average molecular weight is 436 g/mol. The Morgan fingerprint density at radius 3 is 2.12 bits per heavy atom. The van der Waals surface area contributed by atoms with Gasteiger partial charge in [0.15, 0.2) is 17.5 Å². The van der Waals surface area contributed by atoms with Gasteiger partial charge in [-0.05, 0) is 43.2 Å². The zero-order valence-corrected chi connectivity index (χ0v) is 17.9. The lowest BCUT2D eigenvalue weighted by molar-refractivity contribution is 0.590. The van der Waals surface area contributed by atoms with Gasteiger partial charge in [0.25, 0.3) is 0 Å². The van der Waals surface area contributed by atoms with Crippen LogP contribution in [0.2, 0.25) is 5.02 Å². The third-order valence-corrected chi connectivity index (χ3v) is 5.95. The van der Waals surface area contributed by atoms with E-state index in [-0.39, 0.29) is 0 Å². The average Bonchev–Trinajstić information content (AvgIpc) is 3.24. The Morgan fingerprint density at radius 1 is 0.688 bits per heavy atom. The molecule has 3 aromatic carbocycles. The second-order valence-electron chi connectivity index (χ2n) is 7.74. The predicted molar refractivity (Wildman–Crippen MR) is 127 cm³/mol. The van der Waals surface area contributed by atoms with Gasteiger partial charge in [0.1, 0.15) is 11.3 Å². The van der Waals surface area contributed by atoms with Gasteiger partial charge in [-0.1, -0.05) is 66.2 Å². The molecular weight excluding hydrogens is 418 g/mol. The highest BCUT2D eigenvalue weighted by Crippen LogP contribution is 2.38. The van der Waals surface area contributed by atoms with Crippen molar-refractivity contribution in [3.63, 3.8) is 0 Å². The standard InChI is InChI=1S/C27H18ClN3O/c28-19-15-13-18(14-16-19)26-29-25(17-7-2-1-3-8-17)30-27(31-26)22-11-6-10-21-20-9-4-5-12-23(20)32-24(21)22/h1-5,7-9,11-16H,6,10H2. The number of aryl methyl sites for hydroxylation is 1. The zero-order chi connectivity index (χ0) is 21.5. The Hall–Kier alpha value is -3.76. The lowest BCUT2D eigenvalue weighted by Gasteiger charge is -2.14. The summed E-state index contributed by atoms with van der Waals surface area (Å²) in [6, 6.07) is 25.7. The topological polar surface area (TPSA) is 51.8 Å². The van der Waals surface area contributed by atoms with Crippen LogP contribution in [-0.2, 0) is 6.42 Å². The molecule has 0 unspecified atom stereocenters. The summed E-state index contributed by atoms with van der Waals surface area (Å²) in [7, 11) is 0. The number of furan rings is 1. The smallest absolute Gasteiger partial charge is 0.167 e. The number of hydrogen-bond acceptors (Lipinski definition) is 4. The van der Waals surface area contributed by atoms with E-state index in [0.717, 1.165) is 46.3 Å². The summed E-state index contributed by atoms with van der Waals surface area (Å²) in [5.41, 5.74) is 4.84. The minimum Gasteiger partial charge on any atom is -0.456 e. The molecule has 0 bridgehead atoms. The zero-order valence-electron chi connectivity index (χ0n) is 17.1. The van der Waals surface area contributed by atoms with Crippen LogP contribution < -0.4 is 0 Å². The Balaban J connectivity index is 1.56.